The molecule has 1 aromatic rings. The fourth-order valence-corrected chi connectivity index (χ4v) is 1.30. The van der Waals surface area contributed by atoms with E-state index >= 15 is 0 Å². The van der Waals surface area contributed by atoms with Gasteiger partial charge in [0, 0.05) is 13.7 Å². The molecule has 0 fully saturated rings. The van der Waals surface area contributed by atoms with Crippen molar-refractivity contribution in [3.63, 3.8) is 0 Å². The van der Waals surface area contributed by atoms with Crippen LogP contribution >= 0.6 is 38.5 Å². The molecule has 0 aliphatic heterocycles. The zero-order valence-corrected chi connectivity index (χ0v) is 8.81. The van der Waals surface area contributed by atoms with E-state index < -0.39 is 0 Å². The van der Waals surface area contributed by atoms with Gasteiger partial charge in [0.15, 0.2) is 0 Å². The van der Waals surface area contributed by atoms with Crippen LogP contribution in [0, 0.1) is 3.57 Å². The summed E-state index contributed by atoms with van der Waals surface area (Å²) in [5.41, 5.74) is 3.47. The Morgan fingerprint density at radius 3 is 2.70 bits per heavy atom. The molecule has 0 heterocycles. The standard InChI is InChI=1S/C6H6BrIN2/c7-5-3-4(10-9)1-2-6(5)8/h1-3,10H,9H2. The van der Waals surface area contributed by atoms with Crippen molar-refractivity contribution in [2.45, 2.75) is 0 Å². The minimum Gasteiger partial charge on any atom is -0.324 e. The maximum absolute atomic E-state index is 5.20. The average Bonchev–Trinajstić information content (AvgIpc) is 1.95. The molecule has 0 amide bonds. The highest BCUT2D eigenvalue weighted by Crippen LogP contribution is 2.21. The van der Waals surface area contributed by atoms with Gasteiger partial charge < -0.3 is 5.43 Å². The highest BCUT2D eigenvalue weighted by atomic mass is 127. The minimum atomic E-state index is 0.910. The van der Waals surface area contributed by atoms with Crippen LogP contribution < -0.4 is 11.3 Å². The second kappa shape index (κ2) is 3.54. The number of halogens is 2. The first-order valence-corrected chi connectivity index (χ1v) is 4.53. The van der Waals surface area contributed by atoms with Crippen LogP contribution in [0.25, 0.3) is 0 Å². The third kappa shape index (κ3) is 1.83. The number of hydrazine groups is 1. The summed E-state index contributed by atoms with van der Waals surface area (Å²) in [4.78, 5) is 0. The van der Waals surface area contributed by atoms with Gasteiger partial charge in [-0.05, 0) is 56.7 Å². The minimum absolute atomic E-state index is 0.910. The number of nitrogens with two attached hydrogens (primary N) is 1. The molecule has 0 saturated carbocycles. The molecular formula is C6H6BrIN2. The van der Waals surface area contributed by atoms with Crippen molar-refractivity contribution in [3.8, 4) is 0 Å². The smallest absolute Gasteiger partial charge is 0.0497 e. The van der Waals surface area contributed by atoms with Crippen LogP contribution in [-0.4, -0.2) is 0 Å². The van der Waals surface area contributed by atoms with Crippen molar-refractivity contribution in [1.82, 2.24) is 0 Å². The van der Waals surface area contributed by atoms with Crippen LogP contribution in [0.3, 0.4) is 0 Å². The fraction of sp³-hybridized carbons (Fsp3) is 0. The Kier molecular flexibility index (Phi) is 2.94. The summed E-state index contributed by atoms with van der Waals surface area (Å²) in [5.74, 6) is 5.20. The first-order valence-electron chi connectivity index (χ1n) is 2.65. The lowest BCUT2D eigenvalue weighted by Crippen LogP contribution is -2.06. The van der Waals surface area contributed by atoms with Gasteiger partial charge in [0.25, 0.3) is 0 Å². The number of hydrogen-bond acceptors (Lipinski definition) is 2. The monoisotopic (exact) mass is 312 g/mol. The number of nitrogens with one attached hydrogen (secondary N) is 1. The highest BCUT2D eigenvalue weighted by molar-refractivity contribution is 14.1. The maximum Gasteiger partial charge on any atom is 0.0497 e. The molecule has 3 N–H and O–H groups in total. The molecular weight excluding hydrogens is 307 g/mol. The van der Waals surface area contributed by atoms with Crippen molar-refractivity contribution in [2.75, 3.05) is 5.43 Å². The van der Waals surface area contributed by atoms with E-state index in [1.807, 2.05) is 18.2 Å². The summed E-state index contributed by atoms with van der Waals surface area (Å²) in [7, 11) is 0. The zero-order chi connectivity index (χ0) is 7.56. The highest BCUT2D eigenvalue weighted by Gasteiger charge is 1.95. The molecule has 0 radical (unpaired) electrons. The molecule has 0 unspecified atom stereocenters. The van der Waals surface area contributed by atoms with Gasteiger partial charge >= 0.3 is 0 Å². The number of hydrogen-bond donors (Lipinski definition) is 2. The molecule has 0 spiro atoms. The Balaban J connectivity index is 3.04. The molecule has 0 aliphatic rings. The van der Waals surface area contributed by atoms with E-state index in [9.17, 15) is 0 Å². The normalized spacial score (nSPS) is 9.50. The van der Waals surface area contributed by atoms with Gasteiger partial charge in [-0.1, -0.05) is 0 Å². The molecule has 0 aromatic heterocycles. The number of benzene rings is 1. The lowest BCUT2D eigenvalue weighted by molar-refractivity contribution is 1.34. The van der Waals surface area contributed by atoms with Crippen molar-refractivity contribution in [3.05, 3.63) is 26.2 Å². The topological polar surface area (TPSA) is 38.0 Å². The molecule has 10 heavy (non-hydrogen) atoms. The lowest BCUT2D eigenvalue weighted by atomic mass is 10.3. The molecule has 0 bridgehead atoms. The first-order chi connectivity index (χ1) is 4.74. The molecule has 1 rings (SSSR count). The van der Waals surface area contributed by atoms with E-state index in [1.165, 1.54) is 3.57 Å². The van der Waals surface area contributed by atoms with E-state index in [0.29, 0.717) is 0 Å². The Labute approximate surface area is 81.4 Å². The molecule has 54 valence electrons. The summed E-state index contributed by atoms with van der Waals surface area (Å²) in [6.45, 7) is 0. The van der Waals surface area contributed by atoms with Gasteiger partial charge in [0.05, 0.1) is 0 Å². The molecule has 4 heteroatoms. The van der Waals surface area contributed by atoms with Gasteiger partial charge in [-0.15, -0.1) is 0 Å². The summed E-state index contributed by atoms with van der Waals surface area (Å²) in [5, 5.41) is 0. The predicted molar refractivity (Wildman–Crippen MR) is 54.7 cm³/mol. The molecule has 1 aromatic carbocycles. The van der Waals surface area contributed by atoms with Crippen LogP contribution in [0.2, 0.25) is 0 Å². The van der Waals surface area contributed by atoms with Crippen LogP contribution in [0.15, 0.2) is 22.7 Å². The van der Waals surface area contributed by atoms with Gasteiger partial charge in [0.1, 0.15) is 0 Å². The van der Waals surface area contributed by atoms with Gasteiger partial charge in [-0.25, -0.2) is 0 Å². The Morgan fingerprint density at radius 1 is 1.50 bits per heavy atom. The zero-order valence-electron chi connectivity index (χ0n) is 5.07. The first kappa shape index (κ1) is 8.29. The summed E-state index contributed by atoms with van der Waals surface area (Å²) in [6, 6.07) is 5.84. The second-order valence-electron chi connectivity index (χ2n) is 1.77. The fourth-order valence-electron chi connectivity index (χ4n) is 0.586. The molecule has 0 saturated heterocycles. The average molecular weight is 313 g/mol. The van der Waals surface area contributed by atoms with E-state index in [2.05, 4.69) is 43.9 Å². The van der Waals surface area contributed by atoms with Crippen molar-refractivity contribution >= 4 is 44.2 Å². The molecule has 0 aliphatic carbocycles. The third-order valence-electron chi connectivity index (χ3n) is 1.09. The number of nitrogen functional groups attached to an aromatic ring is 1. The van der Waals surface area contributed by atoms with Crippen LogP contribution in [0.1, 0.15) is 0 Å². The van der Waals surface area contributed by atoms with E-state index in [1.54, 1.807) is 0 Å². The van der Waals surface area contributed by atoms with Crippen molar-refractivity contribution in [1.29, 1.82) is 0 Å². The second-order valence-corrected chi connectivity index (χ2v) is 3.79. The Morgan fingerprint density at radius 2 is 2.20 bits per heavy atom. The van der Waals surface area contributed by atoms with Gasteiger partial charge in [-0.3, -0.25) is 5.84 Å². The SMILES string of the molecule is NNc1ccc(I)c(Br)c1. The Bertz CT molecular complexity index is 239. The van der Waals surface area contributed by atoms with Crippen LogP contribution in [0.5, 0.6) is 0 Å². The van der Waals surface area contributed by atoms with Crippen molar-refractivity contribution in [2.24, 2.45) is 5.84 Å². The lowest BCUT2D eigenvalue weighted by Gasteiger charge is -2.00. The number of rotatable bonds is 1. The summed E-state index contributed by atoms with van der Waals surface area (Å²) in [6.07, 6.45) is 0. The molecule has 2 nitrogen and oxygen atoms in total. The predicted octanol–water partition coefficient (Wildman–Crippen LogP) is 2.34. The van der Waals surface area contributed by atoms with Gasteiger partial charge in [-0.2, -0.15) is 0 Å². The quantitative estimate of drug-likeness (QED) is 0.474. The van der Waals surface area contributed by atoms with Crippen LogP contribution in [0.4, 0.5) is 5.69 Å². The largest absolute Gasteiger partial charge is 0.324 e. The van der Waals surface area contributed by atoms with Crippen LogP contribution in [-0.2, 0) is 0 Å². The number of anilines is 1. The van der Waals surface area contributed by atoms with Crippen molar-refractivity contribution < 1.29 is 0 Å². The maximum atomic E-state index is 5.20. The van der Waals surface area contributed by atoms with E-state index in [0.717, 1.165) is 10.2 Å². The van der Waals surface area contributed by atoms with Gasteiger partial charge in [0.2, 0.25) is 0 Å². The van der Waals surface area contributed by atoms with E-state index in [-0.39, 0.29) is 0 Å². The Hall–Kier alpha value is 0.190. The van der Waals surface area contributed by atoms with E-state index in [4.69, 9.17) is 5.84 Å². The molecule has 0 atom stereocenters. The summed E-state index contributed by atoms with van der Waals surface area (Å²) < 4.78 is 2.24. The third-order valence-corrected chi connectivity index (χ3v) is 3.42. The summed E-state index contributed by atoms with van der Waals surface area (Å²) >= 11 is 5.63.